The molecule has 0 aromatic carbocycles. The van der Waals surface area contributed by atoms with E-state index in [-0.39, 0.29) is 11.6 Å². The average Bonchev–Trinajstić information content (AvgIpc) is 2.34. The minimum absolute atomic E-state index is 0.228. The van der Waals surface area contributed by atoms with Crippen molar-refractivity contribution < 1.29 is 9.18 Å². The molecule has 0 aliphatic heterocycles. The number of aromatic nitrogens is 1. The number of nitrogens with zero attached hydrogens (tertiary/aromatic N) is 1. The molecule has 1 N–H and O–H groups in total. The lowest BCUT2D eigenvalue weighted by Gasteiger charge is -2.06. The number of carbonyl (C=O) groups excluding carboxylic acids is 1. The summed E-state index contributed by atoms with van der Waals surface area (Å²) in [5.74, 6) is -0.649. The van der Waals surface area contributed by atoms with Crippen LogP contribution in [0.25, 0.3) is 0 Å². The Morgan fingerprint density at radius 3 is 2.64 bits per heavy atom. The monoisotopic (exact) mass is 156 g/mol. The fraction of sp³-hybridized carbons (Fsp3) is 0.286. The van der Waals surface area contributed by atoms with Gasteiger partial charge in [-0.05, 0) is 0 Å². The van der Waals surface area contributed by atoms with Crippen LogP contribution in [0.1, 0.15) is 10.5 Å². The first-order valence-electron chi connectivity index (χ1n) is 3.17. The highest BCUT2D eigenvalue weighted by Crippen LogP contribution is 2.02. The van der Waals surface area contributed by atoms with E-state index in [0.29, 0.717) is 0 Å². The molecule has 1 heterocycles. The maximum atomic E-state index is 12.3. The topological polar surface area (TPSA) is 36.1 Å². The number of rotatable bonds is 1. The van der Waals surface area contributed by atoms with E-state index in [1.165, 1.54) is 11.0 Å². The zero-order chi connectivity index (χ0) is 8.43. The van der Waals surface area contributed by atoms with Crippen molar-refractivity contribution in [3.63, 3.8) is 0 Å². The maximum Gasteiger partial charge on any atom is 0.269 e. The highest BCUT2D eigenvalue weighted by Gasteiger charge is 2.09. The van der Waals surface area contributed by atoms with E-state index in [4.69, 9.17) is 0 Å². The Labute approximate surface area is 63.8 Å². The fourth-order valence-electron chi connectivity index (χ4n) is 0.732. The van der Waals surface area contributed by atoms with Crippen LogP contribution in [-0.4, -0.2) is 29.9 Å². The quantitative estimate of drug-likeness (QED) is 0.643. The number of hydrogen-bond donors (Lipinski definition) is 1. The minimum Gasteiger partial charge on any atom is -0.355 e. The van der Waals surface area contributed by atoms with E-state index in [1.807, 2.05) is 0 Å². The number of H-pyrrole nitrogens is 1. The Bertz CT molecular complexity index is 267. The van der Waals surface area contributed by atoms with Crippen LogP contribution in [0.3, 0.4) is 0 Å². The molecule has 1 amide bonds. The molecule has 0 atom stereocenters. The summed E-state index contributed by atoms with van der Waals surface area (Å²) < 4.78 is 12.3. The summed E-state index contributed by atoms with van der Waals surface area (Å²) in [4.78, 5) is 15.0. The van der Waals surface area contributed by atoms with E-state index in [2.05, 4.69) is 4.98 Å². The molecule has 0 radical (unpaired) electrons. The number of hydrogen-bond acceptors (Lipinski definition) is 1. The molecule has 0 fully saturated rings. The van der Waals surface area contributed by atoms with E-state index in [0.717, 1.165) is 6.20 Å². The molecule has 0 bridgehead atoms. The van der Waals surface area contributed by atoms with Crippen LogP contribution in [0.2, 0.25) is 0 Å². The lowest BCUT2D eigenvalue weighted by atomic mass is 10.4. The van der Waals surface area contributed by atoms with Crippen LogP contribution in [0.15, 0.2) is 12.3 Å². The molecule has 1 aromatic heterocycles. The van der Waals surface area contributed by atoms with Crippen molar-refractivity contribution >= 4 is 5.91 Å². The molecule has 1 rings (SSSR count). The smallest absolute Gasteiger partial charge is 0.269 e. The number of amides is 1. The second-order valence-electron chi connectivity index (χ2n) is 2.43. The zero-order valence-electron chi connectivity index (χ0n) is 6.39. The number of nitrogens with one attached hydrogen (secondary N) is 1. The highest BCUT2D eigenvalue weighted by molar-refractivity contribution is 5.91. The molecule has 0 unspecified atom stereocenters. The minimum atomic E-state index is -0.421. The van der Waals surface area contributed by atoms with Crippen LogP contribution in [0.4, 0.5) is 4.39 Å². The predicted molar refractivity (Wildman–Crippen MR) is 38.8 cm³/mol. The molecule has 0 aliphatic carbocycles. The Balaban J connectivity index is 2.85. The van der Waals surface area contributed by atoms with Gasteiger partial charge in [0.2, 0.25) is 0 Å². The van der Waals surface area contributed by atoms with Gasteiger partial charge in [-0.15, -0.1) is 0 Å². The van der Waals surface area contributed by atoms with Gasteiger partial charge in [0, 0.05) is 26.4 Å². The third-order valence-corrected chi connectivity index (χ3v) is 1.28. The SMILES string of the molecule is CN(C)C(=O)c1cc(F)c[nH]1. The van der Waals surface area contributed by atoms with Gasteiger partial charge in [-0.3, -0.25) is 4.79 Å². The Hall–Kier alpha value is -1.32. The molecule has 0 saturated carbocycles. The number of aromatic amines is 1. The average molecular weight is 156 g/mol. The summed E-state index contributed by atoms with van der Waals surface area (Å²) in [7, 11) is 3.22. The van der Waals surface area contributed by atoms with Gasteiger partial charge in [0.1, 0.15) is 11.5 Å². The van der Waals surface area contributed by atoms with Crippen molar-refractivity contribution in [2.75, 3.05) is 14.1 Å². The van der Waals surface area contributed by atoms with Gasteiger partial charge >= 0.3 is 0 Å². The Kier molecular flexibility index (Phi) is 1.94. The van der Waals surface area contributed by atoms with Crippen LogP contribution >= 0.6 is 0 Å². The van der Waals surface area contributed by atoms with Gasteiger partial charge in [-0.2, -0.15) is 0 Å². The molecular weight excluding hydrogens is 147 g/mol. The lowest BCUT2D eigenvalue weighted by molar-refractivity contribution is 0.0822. The first-order chi connectivity index (χ1) is 5.11. The first-order valence-corrected chi connectivity index (χ1v) is 3.17. The highest BCUT2D eigenvalue weighted by atomic mass is 19.1. The second-order valence-corrected chi connectivity index (χ2v) is 2.43. The van der Waals surface area contributed by atoms with E-state index >= 15 is 0 Å². The van der Waals surface area contributed by atoms with E-state index < -0.39 is 5.82 Å². The Morgan fingerprint density at radius 1 is 1.64 bits per heavy atom. The normalized spacial score (nSPS) is 9.73. The fourth-order valence-corrected chi connectivity index (χ4v) is 0.732. The largest absolute Gasteiger partial charge is 0.355 e. The Morgan fingerprint density at radius 2 is 2.27 bits per heavy atom. The maximum absolute atomic E-state index is 12.3. The number of halogens is 1. The van der Waals surface area contributed by atoms with Gasteiger partial charge in [0.25, 0.3) is 5.91 Å². The molecule has 0 saturated heterocycles. The summed E-state index contributed by atoms with van der Waals surface area (Å²) in [6.45, 7) is 0. The van der Waals surface area contributed by atoms with Crippen LogP contribution < -0.4 is 0 Å². The zero-order valence-corrected chi connectivity index (χ0v) is 6.39. The molecule has 60 valence electrons. The van der Waals surface area contributed by atoms with E-state index in [1.54, 1.807) is 14.1 Å². The standard InChI is InChI=1S/C7H9FN2O/c1-10(2)7(11)6-3-5(8)4-9-6/h3-4,9H,1-2H3. The van der Waals surface area contributed by atoms with Crippen molar-refractivity contribution in [2.24, 2.45) is 0 Å². The molecule has 0 spiro atoms. The second kappa shape index (κ2) is 2.74. The molecule has 1 aromatic rings. The first kappa shape index (κ1) is 7.78. The molecule has 3 nitrogen and oxygen atoms in total. The van der Waals surface area contributed by atoms with Gasteiger partial charge in [-0.1, -0.05) is 0 Å². The van der Waals surface area contributed by atoms with Crippen LogP contribution in [-0.2, 0) is 0 Å². The lowest BCUT2D eigenvalue weighted by Crippen LogP contribution is -2.21. The van der Waals surface area contributed by atoms with Gasteiger partial charge < -0.3 is 9.88 Å². The van der Waals surface area contributed by atoms with Crippen molar-refractivity contribution in [2.45, 2.75) is 0 Å². The van der Waals surface area contributed by atoms with E-state index in [9.17, 15) is 9.18 Å². The van der Waals surface area contributed by atoms with Crippen LogP contribution in [0, 0.1) is 5.82 Å². The molecular formula is C7H9FN2O. The molecule has 4 heteroatoms. The van der Waals surface area contributed by atoms with Gasteiger partial charge in [0.15, 0.2) is 0 Å². The third kappa shape index (κ3) is 1.58. The van der Waals surface area contributed by atoms with Crippen molar-refractivity contribution in [3.8, 4) is 0 Å². The third-order valence-electron chi connectivity index (χ3n) is 1.28. The molecule has 0 aliphatic rings. The van der Waals surface area contributed by atoms with Crippen LogP contribution in [0.5, 0.6) is 0 Å². The number of carbonyl (C=O) groups is 1. The van der Waals surface area contributed by atoms with Crippen molar-refractivity contribution in [1.29, 1.82) is 0 Å². The summed E-state index contributed by atoms with van der Waals surface area (Å²) >= 11 is 0. The van der Waals surface area contributed by atoms with Crippen molar-refractivity contribution in [1.82, 2.24) is 9.88 Å². The summed E-state index contributed by atoms with van der Waals surface area (Å²) in [6, 6.07) is 1.17. The summed E-state index contributed by atoms with van der Waals surface area (Å²) in [6.07, 6.45) is 1.15. The summed E-state index contributed by atoms with van der Waals surface area (Å²) in [5.41, 5.74) is 0.271. The predicted octanol–water partition coefficient (Wildman–Crippen LogP) is 0.856. The van der Waals surface area contributed by atoms with Gasteiger partial charge in [0.05, 0.1) is 0 Å². The molecule has 11 heavy (non-hydrogen) atoms. The van der Waals surface area contributed by atoms with Gasteiger partial charge in [-0.25, -0.2) is 4.39 Å². The summed E-state index contributed by atoms with van der Waals surface area (Å²) in [5, 5.41) is 0. The van der Waals surface area contributed by atoms with Crippen molar-refractivity contribution in [3.05, 3.63) is 23.8 Å².